The maximum Gasteiger partial charge on any atom is 0.0865 e. The van der Waals surface area contributed by atoms with Crippen molar-refractivity contribution in [1.29, 1.82) is 0 Å². The molecule has 0 fully saturated rings. The summed E-state index contributed by atoms with van der Waals surface area (Å²) in [4.78, 5) is 0. The van der Waals surface area contributed by atoms with Gasteiger partial charge in [-0.2, -0.15) is 5.10 Å². The summed E-state index contributed by atoms with van der Waals surface area (Å²) < 4.78 is 4.13. The Bertz CT molecular complexity index is 568. The first kappa shape index (κ1) is 15.1. The number of hydrogen-bond donors (Lipinski definition) is 1. The highest BCUT2D eigenvalue weighted by Gasteiger charge is 2.12. The highest BCUT2D eigenvalue weighted by Crippen LogP contribution is 2.21. The predicted octanol–water partition coefficient (Wildman–Crippen LogP) is 3.21. The lowest BCUT2D eigenvalue weighted by Gasteiger charge is -2.07. The number of aryl methyl sites for hydroxylation is 2. The van der Waals surface area contributed by atoms with Gasteiger partial charge < -0.3 is 9.88 Å². The van der Waals surface area contributed by atoms with Crippen molar-refractivity contribution in [1.82, 2.24) is 19.7 Å². The van der Waals surface area contributed by atoms with Crippen molar-refractivity contribution >= 4 is 11.6 Å². The van der Waals surface area contributed by atoms with Gasteiger partial charge in [-0.05, 0) is 25.5 Å². The monoisotopic (exact) mass is 294 g/mol. The fraction of sp³-hybridized carbons (Fsp3) is 0.533. The lowest BCUT2D eigenvalue weighted by atomic mass is 10.3. The van der Waals surface area contributed by atoms with E-state index in [4.69, 9.17) is 11.6 Å². The molecule has 0 bridgehead atoms. The lowest BCUT2D eigenvalue weighted by molar-refractivity contribution is 0.584. The number of rotatable bonds is 6. The van der Waals surface area contributed by atoms with Gasteiger partial charge in [0, 0.05) is 31.5 Å². The van der Waals surface area contributed by atoms with E-state index in [1.54, 1.807) is 0 Å². The van der Waals surface area contributed by atoms with Crippen LogP contribution in [0.4, 0.5) is 0 Å². The van der Waals surface area contributed by atoms with Crippen molar-refractivity contribution in [3.63, 3.8) is 0 Å². The Hall–Kier alpha value is -1.26. The molecule has 0 aromatic carbocycles. The van der Waals surface area contributed by atoms with Crippen LogP contribution in [0.1, 0.15) is 37.7 Å². The van der Waals surface area contributed by atoms with E-state index < -0.39 is 0 Å². The first-order chi connectivity index (χ1) is 9.51. The number of nitrogens with one attached hydrogen (secondary N) is 1. The number of hydrogen-bond acceptors (Lipinski definition) is 2. The van der Waals surface area contributed by atoms with Gasteiger partial charge in [0.25, 0.3) is 0 Å². The van der Waals surface area contributed by atoms with Gasteiger partial charge in [-0.3, -0.25) is 4.68 Å². The number of aromatic nitrogens is 3. The van der Waals surface area contributed by atoms with Crippen molar-refractivity contribution < 1.29 is 0 Å². The molecule has 0 aliphatic rings. The summed E-state index contributed by atoms with van der Waals surface area (Å²) >= 11 is 6.34. The first-order valence-corrected chi connectivity index (χ1v) is 7.48. The normalized spacial score (nSPS) is 11.5. The van der Waals surface area contributed by atoms with Crippen LogP contribution in [-0.2, 0) is 19.6 Å². The smallest absolute Gasteiger partial charge is 0.0865 e. The summed E-state index contributed by atoms with van der Waals surface area (Å²) in [5.74, 6) is 0. The second-order valence-electron chi connectivity index (χ2n) is 5.39. The van der Waals surface area contributed by atoms with Gasteiger partial charge in [0.05, 0.1) is 23.0 Å². The Morgan fingerprint density at radius 3 is 2.80 bits per heavy atom. The van der Waals surface area contributed by atoms with Gasteiger partial charge >= 0.3 is 0 Å². The van der Waals surface area contributed by atoms with E-state index in [9.17, 15) is 0 Å². The molecule has 20 heavy (non-hydrogen) atoms. The minimum absolute atomic E-state index is 0.497. The van der Waals surface area contributed by atoms with E-state index in [0.717, 1.165) is 36.0 Å². The highest BCUT2D eigenvalue weighted by molar-refractivity contribution is 6.31. The van der Waals surface area contributed by atoms with Gasteiger partial charge in [0.2, 0.25) is 0 Å². The molecule has 0 spiro atoms. The summed E-state index contributed by atoms with van der Waals surface area (Å²) in [5.41, 5.74) is 3.26. The Labute approximate surface area is 125 Å². The average Bonchev–Trinajstić information content (AvgIpc) is 2.96. The zero-order valence-electron chi connectivity index (χ0n) is 12.7. The van der Waals surface area contributed by atoms with Gasteiger partial charge in [-0.15, -0.1) is 0 Å². The second-order valence-corrected chi connectivity index (χ2v) is 5.77. The molecule has 0 saturated heterocycles. The third-order valence-corrected chi connectivity index (χ3v) is 3.80. The van der Waals surface area contributed by atoms with Crippen molar-refractivity contribution in [3.8, 4) is 0 Å². The van der Waals surface area contributed by atoms with E-state index in [0.29, 0.717) is 6.04 Å². The van der Waals surface area contributed by atoms with E-state index in [1.807, 2.05) is 11.6 Å². The van der Waals surface area contributed by atoms with Gasteiger partial charge in [0.1, 0.15) is 0 Å². The standard InChI is InChI=1S/C15H23ClN4/c1-5-20-14(15(16)12(4)18-20)10-19-7-6-13(9-19)8-17-11(2)3/h6-7,9,11,17H,5,8,10H2,1-4H3. The molecular formula is C15H23ClN4. The SMILES string of the molecule is CCn1nc(C)c(Cl)c1Cn1ccc(CNC(C)C)c1. The average molecular weight is 295 g/mol. The molecule has 0 amide bonds. The molecular weight excluding hydrogens is 272 g/mol. The second kappa shape index (κ2) is 6.46. The molecule has 0 unspecified atom stereocenters. The molecule has 0 aliphatic heterocycles. The maximum absolute atomic E-state index is 6.34. The van der Waals surface area contributed by atoms with Crippen LogP contribution in [0.5, 0.6) is 0 Å². The van der Waals surface area contributed by atoms with Crippen LogP contribution in [0.15, 0.2) is 18.5 Å². The Kier molecular flexibility index (Phi) is 4.89. The maximum atomic E-state index is 6.34. The fourth-order valence-corrected chi connectivity index (χ4v) is 2.40. The molecule has 0 radical (unpaired) electrons. The number of nitrogens with zero attached hydrogens (tertiary/aromatic N) is 3. The molecule has 0 aliphatic carbocycles. The molecule has 2 rings (SSSR count). The van der Waals surface area contributed by atoms with Gasteiger partial charge in [-0.25, -0.2) is 0 Å². The quantitative estimate of drug-likeness (QED) is 0.888. The highest BCUT2D eigenvalue weighted by atomic mass is 35.5. The van der Waals surface area contributed by atoms with Crippen molar-refractivity contribution in [2.75, 3.05) is 0 Å². The first-order valence-electron chi connectivity index (χ1n) is 7.11. The minimum Gasteiger partial charge on any atom is -0.348 e. The van der Waals surface area contributed by atoms with Crippen molar-refractivity contribution in [2.24, 2.45) is 0 Å². The van der Waals surface area contributed by atoms with E-state index in [1.165, 1.54) is 5.56 Å². The molecule has 2 aromatic heterocycles. The fourth-order valence-electron chi connectivity index (χ4n) is 2.21. The Morgan fingerprint density at radius 1 is 1.40 bits per heavy atom. The van der Waals surface area contributed by atoms with E-state index in [-0.39, 0.29) is 0 Å². The molecule has 110 valence electrons. The van der Waals surface area contributed by atoms with Gasteiger partial charge in [0.15, 0.2) is 0 Å². The summed E-state index contributed by atoms with van der Waals surface area (Å²) in [6.07, 6.45) is 4.25. The van der Waals surface area contributed by atoms with E-state index >= 15 is 0 Å². The third kappa shape index (κ3) is 3.44. The minimum atomic E-state index is 0.497. The van der Waals surface area contributed by atoms with E-state index in [2.05, 4.69) is 54.2 Å². The van der Waals surface area contributed by atoms with Crippen LogP contribution < -0.4 is 5.32 Å². The molecule has 5 heteroatoms. The Morgan fingerprint density at radius 2 is 2.15 bits per heavy atom. The number of halogens is 1. The summed E-state index contributed by atoms with van der Waals surface area (Å²) in [6, 6.07) is 2.64. The van der Waals surface area contributed by atoms with Crippen LogP contribution >= 0.6 is 11.6 Å². The largest absolute Gasteiger partial charge is 0.348 e. The molecule has 0 saturated carbocycles. The molecule has 2 aromatic rings. The molecule has 0 atom stereocenters. The summed E-state index contributed by atoms with van der Waals surface area (Å²) in [5, 5.41) is 8.65. The van der Waals surface area contributed by atoms with Crippen LogP contribution in [0, 0.1) is 6.92 Å². The zero-order chi connectivity index (χ0) is 14.7. The van der Waals surface area contributed by atoms with Crippen LogP contribution in [0.3, 0.4) is 0 Å². The summed E-state index contributed by atoms with van der Waals surface area (Å²) in [7, 11) is 0. The van der Waals surface area contributed by atoms with Crippen LogP contribution in [-0.4, -0.2) is 20.4 Å². The Balaban J connectivity index is 2.10. The predicted molar refractivity (Wildman–Crippen MR) is 83.2 cm³/mol. The van der Waals surface area contributed by atoms with Crippen molar-refractivity contribution in [2.45, 2.75) is 53.4 Å². The molecule has 2 heterocycles. The molecule has 1 N–H and O–H groups in total. The lowest BCUT2D eigenvalue weighted by Crippen LogP contribution is -2.21. The topological polar surface area (TPSA) is 34.8 Å². The zero-order valence-corrected chi connectivity index (χ0v) is 13.4. The summed E-state index contributed by atoms with van der Waals surface area (Å²) in [6.45, 7) is 10.8. The molecule has 4 nitrogen and oxygen atoms in total. The van der Waals surface area contributed by atoms with Crippen LogP contribution in [0.25, 0.3) is 0 Å². The third-order valence-electron chi connectivity index (χ3n) is 3.31. The van der Waals surface area contributed by atoms with Gasteiger partial charge in [-0.1, -0.05) is 25.4 Å². The van der Waals surface area contributed by atoms with Crippen molar-refractivity contribution in [3.05, 3.63) is 40.4 Å². The van der Waals surface area contributed by atoms with Crippen LogP contribution in [0.2, 0.25) is 5.02 Å².